The summed E-state index contributed by atoms with van der Waals surface area (Å²) >= 11 is 5.69. The highest BCUT2D eigenvalue weighted by Gasteiger charge is 2.19. The van der Waals surface area contributed by atoms with Gasteiger partial charge in [-0.2, -0.15) is 0 Å². The zero-order chi connectivity index (χ0) is 15.6. The quantitative estimate of drug-likeness (QED) is 0.790. The van der Waals surface area contributed by atoms with Crippen LogP contribution in [0.5, 0.6) is 0 Å². The first-order chi connectivity index (χ1) is 9.91. The molecule has 0 fully saturated rings. The maximum atomic E-state index is 14.0. The second-order valence-electron chi connectivity index (χ2n) is 5.13. The molecular weight excluding hydrogens is 300 g/mol. The first-order valence-electron chi connectivity index (χ1n) is 6.54. The van der Waals surface area contributed by atoms with Crippen molar-refractivity contribution in [3.8, 4) is 5.69 Å². The van der Waals surface area contributed by atoms with E-state index in [-0.39, 0.29) is 17.3 Å². The summed E-state index contributed by atoms with van der Waals surface area (Å²) in [6.07, 6.45) is 0. The second kappa shape index (κ2) is 6.49. The number of rotatable bonds is 5. The van der Waals surface area contributed by atoms with E-state index in [1.165, 1.54) is 0 Å². The predicted octanol–water partition coefficient (Wildman–Crippen LogP) is 3.68. The van der Waals surface area contributed by atoms with Crippen LogP contribution in [-0.4, -0.2) is 21.6 Å². The van der Waals surface area contributed by atoms with Gasteiger partial charge in [0.2, 0.25) is 0 Å². The highest BCUT2D eigenvalue weighted by molar-refractivity contribution is 6.30. The Balaban J connectivity index is 2.31. The van der Waals surface area contributed by atoms with E-state index in [1.807, 2.05) is 13.8 Å². The van der Waals surface area contributed by atoms with Crippen molar-refractivity contribution >= 4 is 11.6 Å². The average molecular weight is 316 g/mol. The van der Waals surface area contributed by atoms with Gasteiger partial charge in [-0.05, 0) is 25.0 Å². The Morgan fingerprint density at radius 3 is 2.71 bits per heavy atom. The molecule has 0 amide bonds. The molecule has 4 nitrogen and oxygen atoms in total. The molecule has 1 heterocycles. The van der Waals surface area contributed by atoms with Crippen molar-refractivity contribution < 1.29 is 13.5 Å². The van der Waals surface area contributed by atoms with E-state index in [9.17, 15) is 8.78 Å². The maximum Gasteiger partial charge on any atom is 0.170 e. The van der Waals surface area contributed by atoms with Gasteiger partial charge in [-0.25, -0.2) is 13.5 Å². The first-order valence-corrected chi connectivity index (χ1v) is 6.92. The molecule has 0 atom stereocenters. The van der Waals surface area contributed by atoms with Crippen molar-refractivity contribution in [2.45, 2.75) is 27.4 Å². The lowest BCUT2D eigenvalue weighted by molar-refractivity contribution is 0.0944. The Labute approximate surface area is 126 Å². The molecule has 2 aromatic rings. The lowest BCUT2D eigenvalue weighted by Gasteiger charge is -2.08. The van der Waals surface area contributed by atoms with Crippen molar-refractivity contribution in [2.75, 3.05) is 6.61 Å². The van der Waals surface area contributed by atoms with E-state index >= 15 is 0 Å². The van der Waals surface area contributed by atoms with Crippen LogP contribution < -0.4 is 0 Å². The normalized spacial score (nSPS) is 11.4. The Hall–Kier alpha value is -1.53. The van der Waals surface area contributed by atoms with Crippen LogP contribution in [0.1, 0.15) is 25.2 Å². The Bertz CT molecular complexity index is 643. The van der Waals surface area contributed by atoms with Gasteiger partial charge >= 0.3 is 0 Å². The largest absolute Gasteiger partial charge is 0.375 e. The second-order valence-corrected chi connectivity index (χ2v) is 5.54. The number of aromatic nitrogens is 3. The molecule has 1 aromatic heterocycles. The third-order valence-corrected chi connectivity index (χ3v) is 3.20. The van der Waals surface area contributed by atoms with Crippen molar-refractivity contribution in [3.05, 3.63) is 40.2 Å². The van der Waals surface area contributed by atoms with Crippen LogP contribution in [0.3, 0.4) is 0 Å². The van der Waals surface area contributed by atoms with Gasteiger partial charge < -0.3 is 4.74 Å². The highest BCUT2D eigenvalue weighted by atomic mass is 35.5. The van der Waals surface area contributed by atoms with Gasteiger partial charge in [0.1, 0.15) is 11.4 Å². The lowest BCUT2D eigenvalue weighted by atomic mass is 10.2. The standard InChI is InChI=1S/C14H16ClF2N3O/c1-8(2)6-21-7-12-9(3)20(19-18-12)14-11(16)5-4-10(15)13(14)17/h4-5,8H,6-7H2,1-3H3. The molecule has 1 aromatic carbocycles. The zero-order valence-corrected chi connectivity index (χ0v) is 12.8. The van der Waals surface area contributed by atoms with E-state index in [0.29, 0.717) is 23.9 Å². The minimum Gasteiger partial charge on any atom is -0.375 e. The first kappa shape index (κ1) is 15.9. The highest BCUT2D eigenvalue weighted by Crippen LogP contribution is 2.25. The third kappa shape index (κ3) is 3.39. The van der Waals surface area contributed by atoms with Gasteiger partial charge in [0, 0.05) is 6.61 Å². The van der Waals surface area contributed by atoms with Crippen LogP contribution in [-0.2, 0) is 11.3 Å². The summed E-state index contributed by atoms with van der Waals surface area (Å²) in [7, 11) is 0. The summed E-state index contributed by atoms with van der Waals surface area (Å²) in [6.45, 7) is 6.55. The van der Waals surface area contributed by atoms with Gasteiger partial charge in [-0.3, -0.25) is 0 Å². The fraction of sp³-hybridized carbons (Fsp3) is 0.429. The molecule has 0 N–H and O–H groups in total. The molecule has 7 heteroatoms. The molecule has 0 radical (unpaired) electrons. The van der Waals surface area contributed by atoms with E-state index in [2.05, 4.69) is 10.3 Å². The number of halogens is 3. The topological polar surface area (TPSA) is 39.9 Å². The molecule has 0 aliphatic heterocycles. The molecule has 0 aliphatic carbocycles. The number of nitrogens with zero attached hydrogens (tertiary/aromatic N) is 3. The molecule has 0 spiro atoms. The van der Waals surface area contributed by atoms with Gasteiger partial charge in [-0.1, -0.05) is 30.7 Å². The van der Waals surface area contributed by atoms with E-state index in [1.54, 1.807) is 6.92 Å². The van der Waals surface area contributed by atoms with Gasteiger partial charge in [-0.15, -0.1) is 5.10 Å². The molecule has 21 heavy (non-hydrogen) atoms. The fourth-order valence-electron chi connectivity index (χ4n) is 1.81. The van der Waals surface area contributed by atoms with Crippen molar-refractivity contribution in [3.63, 3.8) is 0 Å². The molecule has 0 aliphatic rings. The minimum atomic E-state index is -0.862. The van der Waals surface area contributed by atoms with Crippen LogP contribution >= 0.6 is 11.6 Å². The number of benzene rings is 1. The smallest absolute Gasteiger partial charge is 0.170 e. The van der Waals surface area contributed by atoms with Gasteiger partial charge in [0.15, 0.2) is 11.6 Å². The SMILES string of the molecule is Cc1c(COCC(C)C)nnn1-c1c(F)ccc(Cl)c1F. The monoisotopic (exact) mass is 315 g/mol. The number of hydrogen-bond donors (Lipinski definition) is 0. The Kier molecular flexibility index (Phi) is 4.90. The van der Waals surface area contributed by atoms with Crippen LogP contribution in [0.25, 0.3) is 5.69 Å². The van der Waals surface area contributed by atoms with Gasteiger partial charge in [0.25, 0.3) is 0 Å². The van der Waals surface area contributed by atoms with Crippen LogP contribution in [0, 0.1) is 24.5 Å². The zero-order valence-electron chi connectivity index (χ0n) is 12.0. The molecule has 0 saturated carbocycles. The van der Waals surface area contributed by atoms with Crippen LogP contribution in [0.4, 0.5) is 8.78 Å². The lowest BCUT2D eigenvalue weighted by Crippen LogP contribution is -2.07. The van der Waals surface area contributed by atoms with Gasteiger partial charge in [0.05, 0.1) is 17.3 Å². The van der Waals surface area contributed by atoms with Crippen molar-refractivity contribution in [2.24, 2.45) is 5.92 Å². The summed E-state index contributed by atoms with van der Waals surface area (Å²) < 4.78 is 34.4. The van der Waals surface area contributed by atoms with E-state index < -0.39 is 11.6 Å². The fourth-order valence-corrected chi connectivity index (χ4v) is 1.96. The summed E-state index contributed by atoms with van der Waals surface area (Å²) in [5.74, 6) is -1.22. The molecule has 0 bridgehead atoms. The Morgan fingerprint density at radius 1 is 1.33 bits per heavy atom. The third-order valence-electron chi connectivity index (χ3n) is 2.91. The van der Waals surface area contributed by atoms with Crippen LogP contribution in [0.2, 0.25) is 5.02 Å². The molecule has 114 valence electrons. The summed E-state index contributed by atoms with van der Waals surface area (Å²) in [6, 6.07) is 2.26. The molecule has 0 saturated heterocycles. The van der Waals surface area contributed by atoms with Crippen molar-refractivity contribution in [1.29, 1.82) is 0 Å². The number of ether oxygens (including phenoxy) is 1. The molecular formula is C14H16ClF2N3O. The molecule has 2 rings (SSSR count). The predicted molar refractivity (Wildman–Crippen MR) is 75.5 cm³/mol. The van der Waals surface area contributed by atoms with E-state index in [0.717, 1.165) is 16.8 Å². The van der Waals surface area contributed by atoms with Crippen LogP contribution in [0.15, 0.2) is 12.1 Å². The summed E-state index contributed by atoms with van der Waals surface area (Å²) in [4.78, 5) is 0. The summed E-state index contributed by atoms with van der Waals surface area (Å²) in [5.41, 5.74) is 0.718. The number of hydrogen-bond acceptors (Lipinski definition) is 3. The molecule has 0 unspecified atom stereocenters. The minimum absolute atomic E-state index is 0.168. The van der Waals surface area contributed by atoms with Crippen molar-refractivity contribution in [1.82, 2.24) is 15.0 Å². The maximum absolute atomic E-state index is 14.0. The summed E-state index contributed by atoms with van der Waals surface area (Å²) in [5, 5.41) is 7.54. The Morgan fingerprint density at radius 2 is 2.05 bits per heavy atom. The van der Waals surface area contributed by atoms with E-state index in [4.69, 9.17) is 16.3 Å². The average Bonchev–Trinajstić information content (AvgIpc) is 2.77.